The molecule has 5 heteroatoms. The summed E-state index contributed by atoms with van der Waals surface area (Å²) in [7, 11) is 1.57. The highest BCUT2D eigenvalue weighted by molar-refractivity contribution is 5.95. The average molecular weight is 377 g/mol. The van der Waals surface area contributed by atoms with E-state index in [0.717, 1.165) is 12.8 Å². The van der Waals surface area contributed by atoms with Crippen molar-refractivity contribution in [1.82, 2.24) is 10.9 Å². The molecule has 0 heterocycles. The number of nitrogens with one attached hydrogen (secondary N) is 2. The Morgan fingerprint density at radius 3 is 1.81 bits per heavy atom. The number of carbonyl (C=O) groups is 2. The molecule has 1 aromatic carbocycles. The second kappa shape index (κ2) is 15.1. The largest absolute Gasteiger partial charge is 0.497 e. The molecular formula is C22H36N2O3. The van der Waals surface area contributed by atoms with Crippen molar-refractivity contribution in [2.45, 2.75) is 84.0 Å². The molecule has 2 amide bonds. The monoisotopic (exact) mass is 376 g/mol. The lowest BCUT2D eigenvalue weighted by Crippen LogP contribution is -2.41. The third-order valence-corrected chi connectivity index (χ3v) is 4.68. The van der Waals surface area contributed by atoms with E-state index in [9.17, 15) is 9.59 Å². The Morgan fingerprint density at radius 2 is 1.30 bits per heavy atom. The summed E-state index contributed by atoms with van der Waals surface area (Å²) in [6, 6.07) is 6.73. The molecule has 0 unspecified atom stereocenters. The van der Waals surface area contributed by atoms with Crippen molar-refractivity contribution in [3.63, 3.8) is 0 Å². The molecule has 152 valence electrons. The fraction of sp³-hybridized carbons (Fsp3) is 0.636. The highest BCUT2D eigenvalue weighted by atomic mass is 16.5. The number of methoxy groups -OCH3 is 1. The van der Waals surface area contributed by atoms with Crippen LogP contribution in [-0.4, -0.2) is 18.9 Å². The van der Waals surface area contributed by atoms with E-state index in [0.29, 0.717) is 17.7 Å². The Labute approximate surface area is 164 Å². The lowest BCUT2D eigenvalue weighted by Gasteiger charge is -2.08. The highest BCUT2D eigenvalue weighted by Crippen LogP contribution is 2.12. The first-order valence-electron chi connectivity index (χ1n) is 10.4. The maximum Gasteiger partial charge on any atom is 0.269 e. The quantitative estimate of drug-likeness (QED) is 0.348. The zero-order valence-electron chi connectivity index (χ0n) is 17.0. The smallest absolute Gasteiger partial charge is 0.269 e. The molecule has 0 atom stereocenters. The third kappa shape index (κ3) is 11.3. The van der Waals surface area contributed by atoms with Crippen molar-refractivity contribution in [1.29, 1.82) is 0 Å². The SMILES string of the molecule is CCCCCCCCCCCCCC(=O)NNC(=O)c1ccc(OC)cc1. The number of unbranched alkanes of at least 4 members (excludes halogenated alkanes) is 10. The van der Waals surface area contributed by atoms with Gasteiger partial charge < -0.3 is 4.74 Å². The molecule has 2 N–H and O–H groups in total. The molecule has 0 aliphatic rings. The van der Waals surface area contributed by atoms with Crippen LogP contribution in [0.5, 0.6) is 5.75 Å². The summed E-state index contributed by atoms with van der Waals surface area (Å²) in [4.78, 5) is 23.7. The summed E-state index contributed by atoms with van der Waals surface area (Å²) >= 11 is 0. The molecule has 5 nitrogen and oxygen atoms in total. The van der Waals surface area contributed by atoms with Gasteiger partial charge in [0.1, 0.15) is 5.75 Å². The molecule has 0 aromatic heterocycles. The van der Waals surface area contributed by atoms with Gasteiger partial charge in [0.2, 0.25) is 5.91 Å². The first-order valence-corrected chi connectivity index (χ1v) is 10.4. The van der Waals surface area contributed by atoms with E-state index in [4.69, 9.17) is 4.74 Å². The molecular weight excluding hydrogens is 340 g/mol. The molecule has 1 aromatic rings. The molecule has 0 aliphatic carbocycles. The van der Waals surface area contributed by atoms with Crippen LogP contribution in [0.3, 0.4) is 0 Å². The van der Waals surface area contributed by atoms with Gasteiger partial charge in [-0.15, -0.1) is 0 Å². The summed E-state index contributed by atoms with van der Waals surface area (Å²) in [6.07, 6.45) is 14.2. The minimum absolute atomic E-state index is 0.146. The fourth-order valence-corrected chi connectivity index (χ4v) is 2.95. The average Bonchev–Trinajstić information content (AvgIpc) is 2.70. The van der Waals surface area contributed by atoms with Crippen LogP contribution in [0.1, 0.15) is 94.3 Å². The van der Waals surface area contributed by atoms with Gasteiger partial charge >= 0.3 is 0 Å². The van der Waals surface area contributed by atoms with E-state index in [1.807, 2.05) is 0 Å². The van der Waals surface area contributed by atoms with Crippen molar-refractivity contribution in [3.8, 4) is 5.75 Å². The topological polar surface area (TPSA) is 67.4 Å². The first-order chi connectivity index (χ1) is 13.2. The number of carbonyl (C=O) groups excluding carboxylic acids is 2. The van der Waals surface area contributed by atoms with Gasteiger partial charge in [0, 0.05) is 12.0 Å². The second-order valence-electron chi connectivity index (χ2n) is 7.02. The minimum Gasteiger partial charge on any atom is -0.497 e. The van der Waals surface area contributed by atoms with E-state index in [1.165, 1.54) is 57.8 Å². The number of rotatable bonds is 14. The van der Waals surface area contributed by atoms with Crippen molar-refractivity contribution >= 4 is 11.8 Å². The minimum atomic E-state index is -0.329. The van der Waals surface area contributed by atoms with Gasteiger partial charge in [0.05, 0.1) is 7.11 Å². The van der Waals surface area contributed by atoms with Crippen molar-refractivity contribution in [2.75, 3.05) is 7.11 Å². The first kappa shape index (κ1) is 23.0. The van der Waals surface area contributed by atoms with Crippen LogP contribution in [0.2, 0.25) is 0 Å². The fourth-order valence-electron chi connectivity index (χ4n) is 2.95. The van der Waals surface area contributed by atoms with Gasteiger partial charge in [-0.2, -0.15) is 0 Å². The van der Waals surface area contributed by atoms with Gasteiger partial charge in [-0.25, -0.2) is 0 Å². The molecule has 0 bridgehead atoms. The van der Waals surface area contributed by atoms with E-state index < -0.39 is 0 Å². The zero-order valence-corrected chi connectivity index (χ0v) is 17.0. The van der Waals surface area contributed by atoms with Crippen LogP contribution in [-0.2, 0) is 4.79 Å². The molecule has 0 fully saturated rings. The van der Waals surface area contributed by atoms with Crippen LogP contribution in [0.15, 0.2) is 24.3 Å². The Morgan fingerprint density at radius 1 is 0.778 bits per heavy atom. The Kier molecular flexibility index (Phi) is 12.8. The van der Waals surface area contributed by atoms with Crippen LogP contribution >= 0.6 is 0 Å². The molecule has 0 radical (unpaired) electrons. The van der Waals surface area contributed by atoms with Crippen LogP contribution in [0.4, 0.5) is 0 Å². The zero-order chi connectivity index (χ0) is 19.7. The maximum absolute atomic E-state index is 11.9. The van der Waals surface area contributed by atoms with Gasteiger partial charge in [-0.05, 0) is 30.7 Å². The summed E-state index contributed by atoms with van der Waals surface area (Å²) in [5.41, 5.74) is 5.40. The van der Waals surface area contributed by atoms with E-state index in [-0.39, 0.29) is 11.8 Å². The van der Waals surface area contributed by atoms with Gasteiger partial charge in [-0.1, -0.05) is 71.1 Å². The number of benzene rings is 1. The number of hydrogen-bond acceptors (Lipinski definition) is 3. The molecule has 0 saturated carbocycles. The normalized spacial score (nSPS) is 10.4. The van der Waals surface area contributed by atoms with Crippen LogP contribution in [0.25, 0.3) is 0 Å². The third-order valence-electron chi connectivity index (χ3n) is 4.68. The summed E-state index contributed by atoms with van der Waals surface area (Å²) in [6.45, 7) is 2.25. The van der Waals surface area contributed by atoms with Crippen molar-refractivity contribution in [3.05, 3.63) is 29.8 Å². The number of ether oxygens (including phenoxy) is 1. The molecule has 0 spiro atoms. The maximum atomic E-state index is 11.9. The standard InChI is InChI=1S/C22H36N2O3/c1-3-4-5-6-7-8-9-10-11-12-13-14-21(25)23-24-22(26)19-15-17-20(27-2)18-16-19/h15-18H,3-14H2,1-2H3,(H,23,25)(H,24,26). The molecule has 1 rings (SSSR count). The Hall–Kier alpha value is -2.04. The van der Waals surface area contributed by atoms with Crippen LogP contribution < -0.4 is 15.6 Å². The van der Waals surface area contributed by atoms with Gasteiger partial charge in [0.25, 0.3) is 5.91 Å². The van der Waals surface area contributed by atoms with E-state index in [2.05, 4.69) is 17.8 Å². The Balaban J connectivity index is 1.98. The predicted molar refractivity (Wildman–Crippen MR) is 110 cm³/mol. The summed E-state index contributed by atoms with van der Waals surface area (Å²) in [5, 5.41) is 0. The molecule has 0 aliphatic heterocycles. The Bertz CT molecular complexity index is 529. The summed E-state index contributed by atoms with van der Waals surface area (Å²) in [5.74, 6) is 0.213. The predicted octanol–water partition coefficient (Wildman–Crippen LogP) is 5.16. The number of hydrogen-bond donors (Lipinski definition) is 2. The molecule has 0 saturated heterocycles. The molecule has 27 heavy (non-hydrogen) atoms. The number of amides is 2. The van der Waals surface area contributed by atoms with Crippen molar-refractivity contribution in [2.24, 2.45) is 0 Å². The van der Waals surface area contributed by atoms with E-state index >= 15 is 0 Å². The summed E-state index contributed by atoms with van der Waals surface area (Å²) < 4.78 is 5.05. The number of hydrazine groups is 1. The van der Waals surface area contributed by atoms with Gasteiger partial charge in [0.15, 0.2) is 0 Å². The lowest BCUT2D eigenvalue weighted by atomic mass is 10.1. The van der Waals surface area contributed by atoms with Crippen LogP contribution in [0, 0.1) is 0 Å². The van der Waals surface area contributed by atoms with Gasteiger partial charge in [-0.3, -0.25) is 20.4 Å². The lowest BCUT2D eigenvalue weighted by molar-refractivity contribution is -0.122. The van der Waals surface area contributed by atoms with E-state index in [1.54, 1.807) is 31.4 Å². The van der Waals surface area contributed by atoms with Crippen molar-refractivity contribution < 1.29 is 14.3 Å². The highest BCUT2D eigenvalue weighted by Gasteiger charge is 2.07. The second-order valence-corrected chi connectivity index (χ2v) is 7.02.